The van der Waals surface area contributed by atoms with Gasteiger partial charge in [0.1, 0.15) is 0 Å². The zero-order valence-electron chi connectivity index (χ0n) is 10.8. The van der Waals surface area contributed by atoms with Crippen molar-refractivity contribution in [2.45, 2.75) is 19.5 Å². The van der Waals surface area contributed by atoms with Gasteiger partial charge in [-0.1, -0.05) is 22.9 Å². The van der Waals surface area contributed by atoms with E-state index in [1.165, 1.54) is 12.1 Å². The molecule has 0 saturated heterocycles. The molecule has 1 aromatic carbocycles. The van der Waals surface area contributed by atoms with Crippen LogP contribution >= 0.6 is 15.9 Å². The van der Waals surface area contributed by atoms with E-state index in [0.717, 1.165) is 6.07 Å². The summed E-state index contributed by atoms with van der Waals surface area (Å²) >= 11 is 2.99. The van der Waals surface area contributed by atoms with Gasteiger partial charge < -0.3 is 5.32 Å². The summed E-state index contributed by atoms with van der Waals surface area (Å²) in [6, 6.07) is 3.71. The zero-order chi connectivity index (χ0) is 15.4. The van der Waals surface area contributed by atoms with Crippen LogP contribution in [0.2, 0.25) is 0 Å². The molecule has 3 nitrogen and oxygen atoms in total. The van der Waals surface area contributed by atoms with Gasteiger partial charge in [0.2, 0.25) is 0 Å². The van der Waals surface area contributed by atoms with Crippen molar-refractivity contribution in [1.29, 1.82) is 0 Å². The van der Waals surface area contributed by atoms with Gasteiger partial charge >= 0.3 is 6.18 Å². The van der Waals surface area contributed by atoms with Crippen LogP contribution in [0.4, 0.5) is 18.9 Å². The molecule has 0 unspecified atom stereocenters. The van der Waals surface area contributed by atoms with Crippen molar-refractivity contribution < 1.29 is 21.6 Å². The summed E-state index contributed by atoms with van der Waals surface area (Å²) in [5.41, 5.74) is -0.938. The smallest absolute Gasteiger partial charge is 0.384 e. The van der Waals surface area contributed by atoms with Crippen LogP contribution in [-0.4, -0.2) is 26.5 Å². The number of hydrogen-bond donors (Lipinski definition) is 1. The first-order chi connectivity index (χ1) is 9.15. The molecule has 20 heavy (non-hydrogen) atoms. The number of hydrogen-bond acceptors (Lipinski definition) is 3. The molecule has 0 spiro atoms. The SMILES string of the molecule is CCCS(=O)(=O)CCNc1ccc(Br)cc1C(F)(F)F. The van der Waals surface area contributed by atoms with Crippen molar-refractivity contribution in [3.63, 3.8) is 0 Å². The van der Waals surface area contributed by atoms with Crippen molar-refractivity contribution in [3.8, 4) is 0 Å². The molecule has 0 aliphatic heterocycles. The fourth-order valence-electron chi connectivity index (χ4n) is 1.66. The van der Waals surface area contributed by atoms with E-state index in [4.69, 9.17) is 0 Å². The van der Waals surface area contributed by atoms with Gasteiger partial charge in [-0.3, -0.25) is 0 Å². The molecule has 1 aromatic rings. The molecule has 0 aliphatic carbocycles. The number of rotatable bonds is 6. The third-order valence-electron chi connectivity index (χ3n) is 2.53. The molecule has 8 heteroatoms. The summed E-state index contributed by atoms with van der Waals surface area (Å²) < 4.78 is 61.8. The highest BCUT2D eigenvalue weighted by Gasteiger charge is 2.33. The van der Waals surface area contributed by atoms with E-state index in [1.54, 1.807) is 6.92 Å². The summed E-state index contributed by atoms with van der Waals surface area (Å²) in [7, 11) is -3.21. The summed E-state index contributed by atoms with van der Waals surface area (Å²) in [5.74, 6) is -0.144. The quantitative estimate of drug-likeness (QED) is 0.826. The standard InChI is InChI=1S/C12H15BrF3NO2S/c1-2-6-20(18,19)7-5-17-11-4-3-9(13)8-10(11)12(14,15)16/h3-4,8,17H,2,5-7H2,1H3. The second-order valence-electron chi connectivity index (χ2n) is 4.27. The van der Waals surface area contributed by atoms with Crippen molar-refractivity contribution in [1.82, 2.24) is 0 Å². The Bertz CT molecular complexity index is 558. The third kappa shape index (κ3) is 5.32. The lowest BCUT2D eigenvalue weighted by Gasteiger charge is -2.15. The first-order valence-electron chi connectivity index (χ1n) is 5.97. The summed E-state index contributed by atoms with van der Waals surface area (Å²) in [4.78, 5) is 0. The van der Waals surface area contributed by atoms with Crippen LogP contribution in [0.25, 0.3) is 0 Å². The number of anilines is 1. The number of benzene rings is 1. The Morgan fingerprint density at radius 3 is 2.45 bits per heavy atom. The van der Waals surface area contributed by atoms with Gasteiger partial charge in [0.25, 0.3) is 0 Å². The van der Waals surface area contributed by atoms with E-state index in [0.29, 0.717) is 10.9 Å². The van der Waals surface area contributed by atoms with E-state index in [1.807, 2.05) is 0 Å². The predicted octanol–water partition coefficient (Wildman–Crippen LogP) is 3.70. The molecular formula is C12H15BrF3NO2S. The molecule has 114 valence electrons. The van der Waals surface area contributed by atoms with Gasteiger partial charge in [0.05, 0.1) is 11.3 Å². The molecule has 1 N–H and O–H groups in total. The topological polar surface area (TPSA) is 46.2 Å². The fourth-order valence-corrected chi connectivity index (χ4v) is 3.26. The minimum atomic E-state index is -4.49. The first-order valence-corrected chi connectivity index (χ1v) is 8.58. The predicted molar refractivity (Wildman–Crippen MR) is 76.6 cm³/mol. The highest BCUT2D eigenvalue weighted by atomic mass is 79.9. The van der Waals surface area contributed by atoms with Gasteiger partial charge in [-0.2, -0.15) is 13.2 Å². The molecule has 1 rings (SSSR count). The molecule has 0 aromatic heterocycles. The molecule has 0 saturated carbocycles. The number of nitrogens with one attached hydrogen (secondary N) is 1. The Morgan fingerprint density at radius 1 is 1.25 bits per heavy atom. The summed E-state index contributed by atoms with van der Waals surface area (Å²) in [6.07, 6.45) is -4.00. The third-order valence-corrected chi connectivity index (χ3v) is 4.88. The largest absolute Gasteiger partial charge is 0.418 e. The van der Waals surface area contributed by atoms with Crippen molar-refractivity contribution in [3.05, 3.63) is 28.2 Å². The van der Waals surface area contributed by atoms with Gasteiger partial charge in [-0.15, -0.1) is 0 Å². The number of sulfone groups is 1. The average Bonchev–Trinajstić information content (AvgIpc) is 2.29. The van der Waals surface area contributed by atoms with Crippen LogP contribution < -0.4 is 5.32 Å². The van der Waals surface area contributed by atoms with Crippen LogP contribution in [-0.2, 0) is 16.0 Å². The molecule has 0 amide bonds. The second-order valence-corrected chi connectivity index (χ2v) is 7.49. The highest BCUT2D eigenvalue weighted by molar-refractivity contribution is 9.10. The molecule has 0 radical (unpaired) electrons. The normalized spacial score (nSPS) is 12.4. The zero-order valence-corrected chi connectivity index (χ0v) is 13.2. The molecule has 0 fully saturated rings. The van der Waals surface area contributed by atoms with E-state index in [-0.39, 0.29) is 23.7 Å². The van der Waals surface area contributed by atoms with Gasteiger partial charge in [-0.05, 0) is 24.6 Å². The Kier molecular flexibility index (Phi) is 5.88. The Hall–Kier alpha value is -0.760. The van der Waals surface area contributed by atoms with Crippen molar-refractivity contribution in [2.75, 3.05) is 23.4 Å². The van der Waals surface area contributed by atoms with Crippen LogP contribution in [0.3, 0.4) is 0 Å². The molecule has 0 atom stereocenters. The lowest BCUT2D eigenvalue weighted by Crippen LogP contribution is -2.19. The van der Waals surface area contributed by atoms with E-state index in [9.17, 15) is 21.6 Å². The van der Waals surface area contributed by atoms with Crippen molar-refractivity contribution >= 4 is 31.5 Å². The van der Waals surface area contributed by atoms with E-state index >= 15 is 0 Å². The van der Waals surface area contributed by atoms with Crippen molar-refractivity contribution in [2.24, 2.45) is 0 Å². The monoisotopic (exact) mass is 373 g/mol. The number of halogens is 4. The summed E-state index contributed by atoms with van der Waals surface area (Å²) in [5, 5.41) is 2.54. The van der Waals surface area contributed by atoms with Crippen LogP contribution in [0.1, 0.15) is 18.9 Å². The first kappa shape index (κ1) is 17.3. The highest BCUT2D eigenvalue weighted by Crippen LogP contribution is 2.36. The maximum atomic E-state index is 12.8. The molecule has 0 bridgehead atoms. The van der Waals surface area contributed by atoms with Crippen LogP contribution in [0.15, 0.2) is 22.7 Å². The Labute approximate surface area is 124 Å². The molecule has 0 aliphatic rings. The van der Waals surface area contributed by atoms with Gasteiger partial charge in [0.15, 0.2) is 9.84 Å². The lowest BCUT2D eigenvalue weighted by molar-refractivity contribution is -0.137. The maximum Gasteiger partial charge on any atom is 0.418 e. The average molecular weight is 374 g/mol. The molecular weight excluding hydrogens is 359 g/mol. The molecule has 0 heterocycles. The van der Waals surface area contributed by atoms with Crippen LogP contribution in [0.5, 0.6) is 0 Å². The minimum Gasteiger partial charge on any atom is -0.384 e. The Balaban J connectivity index is 2.79. The van der Waals surface area contributed by atoms with Gasteiger partial charge in [0, 0.05) is 22.5 Å². The Morgan fingerprint density at radius 2 is 1.90 bits per heavy atom. The second kappa shape index (κ2) is 6.80. The van der Waals surface area contributed by atoms with E-state index in [2.05, 4.69) is 21.2 Å². The van der Waals surface area contributed by atoms with Crippen LogP contribution in [0, 0.1) is 0 Å². The fraction of sp³-hybridized carbons (Fsp3) is 0.500. The number of alkyl halides is 3. The summed E-state index contributed by atoms with van der Waals surface area (Å²) in [6.45, 7) is 1.69. The van der Waals surface area contributed by atoms with E-state index < -0.39 is 21.6 Å². The lowest BCUT2D eigenvalue weighted by atomic mass is 10.1. The maximum absolute atomic E-state index is 12.8. The minimum absolute atomic E-state index is 0.0428. The van der Waals surface area contributed by atoms with Gasteiger partial charge in [-0.25, -0.2) is 8.42 Å².